The van der Waals surface area contributed by atoms with Gasteiger partial charge in [-0.15, -0.1) is 0 Å². The van der Waals surface area contributed by atoms with Gasteiger partial charge in [0.2, 0.25) is 35.4 Å². The number of likely N-dealkylation sites (N-methyl/N-ethyl adjacent to an activating group) is 1. The summed E-state index contributed by atoms with van der Waals surface area (Å²) >= 11 is 1.96. The number of nitrogens with one attached hydrogen (secondary N) is 6. The van der Waals surface area contributed by atoms with Crippen molar-refractivity contribution in [3.63, 3.8) is 0 Å². The minimum Gasteiger partial charge on any atom is -0.457 e. The number of hydrogen-bond acceptors (Lipinski definition) is 17. The molecule has 6 N–H and O–H groups in total. The van der Waals surface area contributed by atoms with Gasteiger partial charge in [0.25, 0.3) is 0 Å². The van der Waals surface area contributed by atoms with Crippen molar-refractivity contribution in [1.29, 1.82) is 0 Å². The molecule has 0 bridgehead atoms. The van der Waals surface area contributed by atoms with Crippen LogP contribution in [0.25, 0.3) is 0 Å². The van der Waals surface area contributed by atoms with Crippen LogP contribution in [-0.4, -0.2) is 167 Å². The lowest BCUT2D eigenvalue weighted by molar-refractivity contribution is -0.123. The van der Waals surface area contributed by atoms with E-state index >= 15 is 0 Å². The second-order valence-corrected chi connectivity index (χ2v) is 21.9. The highest BCUT2D eigenvalue weighted by Gasteiger charge is 2.42. The standard InChI is InChI=1S/C61H84N10O11S/c1-70(29-8-7-26-62-57(73)17-9-18-58(74)64-28-12-34-78-38-40-80-39-37-77-33-11-27-63-56(72)16-6-5-15-54-50-42-60(76)69-52(50)44-83-54)30-10-19-59(75)68-51-41-46(20-25-53(51)71-31-35-79-36-32-71)67-55-43-61(66-45-65-55)82-49-23-21-48(22-24-49)81-47-13-3-2-4-14-47/h2-4,10,13-14,19-25,41,43,45,50,52,54H,5-9,11-12,15-18,26-40,42,44H2,1H3,(H,62,73)(H,63,72)(H,64,74)(H,68,75)(H,69,76)(H,65,66,67)/b19-10+/t50-,52-,54-/m0/s1. The van der Waals surface area contributed by atoms with Gasteiger partial charge in [-0.3, -0.25) is 24.0 Å². The Kier molecular flexibility index (Phi) is 28.2. The Morgan fingerprint density at radius 3 is 2.06 bits per heavy atom. The van der Waals surface area contributed by atoms with Crippen molar-refractivity contribution in [3.05, 3.63) is 97.3 Å². The van der Waals surface area contributed by atoms with Gasteiger partial charge in [0.1, 0.15) is 29.4 Å². The average Bonchev–Trinajstić information content (AvgIpc) is 4.31. The third-order valence-corrected chi connectivity index (χ3v) is 15.6. The number of carbonyl (C=O) groups is 5. The van der Waals surface area contributed by atoms with Crippen molar-refractivity contribution in [2.75, 3.05) is 127 Å². The number of unbranched alkanes of at least 4 members (excludes halogenated alkanes) is 2. The van der Waals surface area contributed by atoms with Crippen molar-refractivity contribution in [2.24, 2.45) is 5.92 Å². The van der Waals surface area contributed by atoms with Crippen LogP contribution >= 0.6 is 11.8 Å². The van der Waals surface area contributed by atoms with Crippen LogP contribution in [0.1, 0.15) is 77.0 Å². The molecule has 3 aliphatic rings. The van der Waals surface area contributed by atoms with Crippen molar-refractivity contribution in [1.82, 2.24) is 36.1 Å². The lowest BCUT2D eigenvalue weighted by Gasteiger charge is -2.30. The first-order valence-electron chi connectivity index (χ1n) is 29.3. The molecule has 450 valence electrons. The first-order chi connectivity index (χ1) is 40.6. The Morgan fingerprint density at radius 1 is 0.723 bits per heavy atom. The number of thioether (sulfide) groups is 1. The second kappa shape index (κ2) is 36.7. The molecule has 5 amide bonds. The maximum absolute atomic E-state index is 13.3. The van der Waals surface area contributed by atoms with Gasteiger partial charge in [0.05, 0.1) is 51.0 Å². The highest BCUT2D eigenvalue weighted by Crippen LogP contribution is 2.40. The number of morpholine rings is 1. The summed E-state index contributed by atoms with van der Waals surface area (Å²) in [6.45, 7) is 8.47. The minimum atomic E-state index is -0.254. The van der Waals surface area contributed by atoms with Gasteiger partial charge in [0, 0.05) is 119 Å². The monoisotopic (exact) mass is 1160 g/mol. The third-order valence-electron chi connectivity index (χ3n) is 14.0. The van der Waals surface area contributed by atoms with E-state index in [1.165, 1.54) is 6.33 Å². The molecule has 3 fully saturated rings. The number of amides is 5. The van der Waals surface area contributed by atoms with E-state index in [9.17, 15) is 24.0 Å². The van der Waals surface area contributed by atoms with Crippen LogP contribution in [0.5, 0.6) is 23.1 Å². The van der Waals surface area contributed by atoms with Crippen LogP contribution in [0.4, 0.5) is 22.9 Å². The number of benzene rings is 3. The molecule has 0 unspecified atom stereocenters. The van der Waals surface area contributed by atoms with E-state index in [4.69, 9.17) is 28.4 Å². The maximum Gasteiger partial charge on any atom is 0.248 e. The lowest BCUT2D eigenvalue weighted by Crippen LogP contribution is -2.36. The molecule has 22 heteroatoms. The Labute approximate surface area is 492 Å². The van der Waals surface area contributed by atoms with E-state index < -0.39 is 0 Å². The SMILES string of the molecule is CN(C/C=C/C(=O)Nc1cc(Nc2cc(Oc3ccc(Oc4ccccc4)cc3)ncn2)ccc1N1CCOCC1)CCCCNC(=O)CCCC(=O)NCCCOCCOCCOCCCNC(=O)CCCC[C@@H]1SC[C@@H]2NC(=O)C[C@@H]21. The van der Waals surface area contributed by atoms with E-state index in [0.29, 0.717) is 170 Å². The number of aromatic nitrogens is 2. The summed E-state index contributed by atoms with van der Waals surface area (Å²) in [5.74, 6) is 4.20. The van der Waals surface area contributed by atoms with Crippen molar-refractivity contribution in [3.8, 4) is 23.1 Å². The van der Waals surface area contributed by atoms with E-state index in [0.717, 1.165) is 62.3 Å². The Balaban J connectivity index is 0.653. The zero-order valence-corrected chi connectivity index (χ0v) is 48.8. The first kappa shape index (κ1) is 63.8. The predicted octanol–water partition coefficient (Wildman–Crippen LogP) is 7.38. The molecule has 0 saturated carbocycles. The van der Waals surface area contributed by atoms with Gasteiger partial charge in [0.15, 0.2) is 0 Å². The zero-order chi connectivity index (χ0) is 58.1. The van der Waals surface area contributed by atoms with Crippen LogP contribution < -0.4 is 46.3 Å². The Bertz CT molecular complexity index is 2630. The fraction of sp³-hybridized carbons (Fsp3) is 0.525. The molecule has 7 rings (SSSR count). The zero-order valence-electron chi connectivity index (χ0n) is 48.0. The predicted molar refractivity (Wildman–Crippen MR) is 322 cm³/mol. The summed E-state index contributed by atoms with van der Waals surface area (Å²) in [4.78, 5) is 74.8. The van der Waals surface area contributed by atoms with Crippen molar-refractivity contribution >= 4 is 64.2 Å². The van der Waals surface area contributed by atoms with Crippen LogP contribution in [0.3, 0.4) is 0 Å². The highest BCUT2D eigenvalue weighted by molar-refractivity contribution is 8.00. The minimum absolute atomic E-state index is 0.0691. The Hall–Kier alpha value is -6.82. The molecule has 3 aliphatic heterocycles. The van der Waals surface area contributed by atoms with Gasteiger partial charge in [-0.25, -0.2) is 9.97 Å². The van der Waals surface area contributed by atoms with Crippen LogP contribution in [-0.2, 0) is 42.9 Å². The number of rotatable bonds is 39. The van der Waals surface area contributed by atoms with E-state index in [1.54, 1.807) is 12.1 Å². The van der Waals surface area contributed by atoms with Gasteiger partial charge in [-0.05, 0) is 113 Å². The van der Waals surface area contributed by atoms with Crippen LogP contribution in [0.15, 0.2) is 97.3 Å². The smallest absolute Gasteiger partial charge is 0.248 e. The molecule has 3 atom stereocenters. The summed E-state index contributed by atoms with van der Waals surface area (Å²) in [5.41, 5.74) is 2.25. The molecule has 21 nitrogen and oxygen atoms in total. The molecular weight excluding hydrogens is 1080 g/mol. The number of carbonyl (C=O) groups excluding carboxylic acids is 5. The van der Waals surface area contributed by atoms with Crippen LogP contribution in [0.2, 0.25) is 0 Å². The van der Waals surface area contributed by atoms with Crippen molar-refractivity contribution < 1.29 is 52.4 Å². The highest BCUT2D eigenvalue weighted by atomic mass is 32.2. The third kappa shape index (κ3) is 24.5. The summed E-state index contributed by atoms with van der Waals surface area (Å²) in [6.07, 6.45) is 13.1. The fourth-order valence-corrected chi connectivity index (χ4v) is 11.3. The Morgan fingerprint density at radius 2 is 1.36 bits per heavy atom. The summed E-state index contributed by atoms with van der Waals surface area (Å²) < 4.78 is 34.3. The van der Waals surface area contributed by atoms with Crippen molar-refractivity contribution in [2.45, 2.75) is 88.3 Å². The molecule has 1 aromatic heterocycles. The first-order valence-corrected chi connectivity index (χ1v) is 30.4. The van der Waals surface area contributed by atoms with Gasteiger partial charge < -0.3 is 70.1 Å². The van der Waals surface area contributed by atoms with E-state index in [1.807, 2.05) is 97.7 Å². The normalized spacial score (nSPS) is 16.6. The summed E-state index contributed by atoms with van der Waals surface area (Å²) in [5, 5.41) is 18.8. The van der Waals surface area contributed by atoms with Gasteiger partial charge >= 0.3 is 0 Å². The number of anilines is 4. The average molecular weight is 1170 g/mol. The molecular formula is C61H84N10O11S. The molecule has 0 radical (unpaired) electrons. The maximum atomic E-state index is 13.3. The number of fused-ring (bicyclic) bond motifs is 1. The number of para-hydroxylation sites is 1. The van der Waals surface area contributed by atoms with Crippen LogP contribution in [0, 0.1) is 5.92 Å². The molecule has 0 spiro atoms. The van der Waals surface area contributed by atoms with Gasteiger partial charge in [-0.2, -0.15) is 11.8 Å². The van der Waals surface area contributed by atoms with E-state index in [-0.39, 0.29) is 42.4 Å². The molecule has 83 heavy (non-hydrogen) atoms. The summed E-state index contributed by atoms with van der Waals surface area (Å²) in [7, 11) is 1.99. The molecule has 0 aliphatic carbocycles. The largest absolute Gasteiger partial charge is 0.457 e. The topological polar surface area (TPSA) is 245 Å². The molecule has 4 aromatic rings. The number of ether oxygens (including phenoxy) is 6. The van der Waals surface area contributed by atoms with Gasteiger partial charge in [-0.1, -0.05) is 30.7 Å². The molecule has 3 aromatic carbocycles. The number of nitrogens with zero attached hydrogens (tertiary/aromatic N) is 4. The second-order valence-electron chi connectivity index (χ2n) is 20.7. The molecule has 4 heterocycles. The quantitative estimate of drug-likeness (QED) is 0.0189. The fourth-order valence-electron chi connectivity index (χ4n) is 9.65. The molecule has 3 saturated heterocycles. The summed E-state index contributed by atoms with van der Waals surface area (Å²) in [6, 6.07) is 24.7. The number of hydrogen-bond donors (Lipinski definition) is 6. The lowest BCUT2D eigenvalue weighted by atomic mass is 9.94. The van der Waals surface area contributed by atoms with E-state index in [2.05, 4.69) is 51.7 Å².